The zero-order valence-electron chi connectivity index (χ0n) is 34.2. The second-order valence-corrected chi connectivity index (χ2v) is 17.2. The van der Waals surface area contributed by atoms with Gasteiger partial charge >= 0.3 is 6.98 Å². The van der Waals surface area contributed by atoms with Crippen LogP contribution in [-0.2, 0) is 10.8 Å². The van der Waals surface area contributed by atoms with Gasteiger partial charge in [-0.2, -0.15) is 0 Å². The minimum Gasteiger partial charge on any atom is -0.457 e. The third kappa shape index (κ3) is 5.07. The van der Waals surface area contributed by atoms with E-state index in [-0.39, 0.29) is 17.8 Å². The van der Waals surface area contributed by atoms with Crippen molar-refractivity contribution in [2.75, 3.05) is 9.62 Å². The van der Waals surface area contributed by atoms with Crippen LogP contribution in [0.4, 0.5) is 22.9 Å². The number of rotatable bonds is 6. The van der Waals surface area contributed by atoms with E-state index in [1.54, 1.807) is 0 Å². The molecule has 3 aromatic heterocycles. The molecule has 7 heteroatoms. The molecule has 0 unspecified atom stereocenters. The normalized spacial score (nSPS) is 15.1. The largest absolute Gasteiger partial charge is 0.457 e. The van der Waals surface area contributed by atoms with Crippen molar-refractivity contribution in [3.8, 4) is 22.8 Å². The molecule has 6 aromatic carbocycles. The monoisotopic (exact) mass is 765 g/mol. The number of para-hydroxylation sites is 2. The average molecular weight is 766 g/mol. The zero-order chi connectivity index (χ0) is 40.2. The number of nitrogens with zero attached hydrogens (tertiary/aromatic N) is 5. The standard InChI is InChI=1S/C52H44BN5O/c1-33-17-15-18-34(2)46(33)53-57(36-21-11-8-12-22-36)43-29-27-38(32-44(43)58(53)45-25-13-14-30-54-45)59-37-26-28-39-40-23-16-24-42-48(40)56-49(52(5,6)51(42,3)4)47(35-19-9-7-10-20-35)55-50(56)41(39)31-37/h7-32H,1-6H3. The summed E-state index contributed by atoms with van der Waals surface area (Å²) in [5.74, 6) is 2.37. The van der Waals surface area contributed by atoms with E-state index in [0.29, 0.717) is 0 Å². The Balaban J connectivity index is 1.10. The molecule has 5 heterocycles. The lowest BCUT2D eigenvalue weighted by molar-refractivity contribution is 0.289. The van der Waals surface area contributed by atoms with Gasteiger partial charge < -0.3 is 14.4 Å². The number of aromatic nitrogens is 3. The van der Waals surface area contributed by atoms with E-state index in [1.165, 1.54) is 44.1 Å². The Morgan fingerprint density at radius 1 is 0.576 bits per heavy atom. The van der Waals surface area contributed by atoms with E-state index in [2.05, 4.69) is 201 Å². The van der Waals surface area contributed by atoms with Crippen LogP contribution in [0.3, 0.4) is 0 Å². The van der Waals surface area contributed by atoms with Gasteiger partial charge in [-0.25, -0.2) is 9.97 Å². The Morgan fingerprint density at radius 2 is 1.27 bits per heavy atom. The van der Waals surface area contributed by atoms with Crippen molar-refractivity contribution in [2.45, 2.75) is 52.4 Å². The SMILES string of the molecule is Cc1cccc(C)c1B1N(c2ccccc2)c2ccc(Oc3ccc4c(c3)c3nc(-c5ccccc5)c5n3c3c(cccc43)C(C)(C)C5(C)C)cc2N1c1ccccn1. The second-order valence-electron chi connectivity index (χ2n) is 17.2. The molecule has 0 amide bonds. The van der Waals surface area contributed by atoms with Crippen molar-refractivity contribution >= 4 is 62.6 Å². The van der Waals surface area contributed by atoms with Crippen LogP contribution in [0.25, 0.3) is 38.6 Å². The number of fused-ring (bicyclic) bond motifs is 4. The maximum atomic E-state index is 6.92. The minimum atomic E-state index is -0.215. The van der Waals surface area contributed by atoms with Crippen molar-refractivity contribution in [2.24, 2.45) is 0 Å². The van der Waals surface area contributed by atoms with Gasteiger partial charge in [-0.1, -0.05) is 130 Å². The van der Waals surface area contributed by atoms with Gasteiger partial charge in [0.2, 0.25) is 0 Å². The van der Waals surface area contributed by atoms with E-state index in [1.807, 2.05) is 12.3 Å². The van der Waals surface area contributed by atoms with Crippen LogP contribution in [0.2, 0.25) is 0 Å². The molecular formula is C52H44BN5O. The number of aryl methyl sites for hydroxylation is 2. The first-order valence-electron chi connectivity index (χ1n) is 20.5. The van der Waals surface area contributed by atoms with Gasteiger partial charge in [-0.05, 0) is 84.9 Å². The molecule has 2 aliphatic heterocycles. The van der Waals surface area contributed by atoms with E-state index in [0.717, 1.165) is 56.7 Å². The Hall–Kier alpha value is -6.86. The number of anilines is 4. The maximum absolute atomic E-state index is 6.92. The van der Waals surface area contributed by atoms with Crippen LogP contribution in [0.5, 0.6) is 11.5 Å². The van der Waals surface area contributed by atoms with Crippen LogP contribution >= 0.6 is 0 Å². The van der Waals surface area contributed by atoms with Gasteiger partial charge in [0.25, 0.3) is 0 Å². The summed E-state index contributed by atoms with van der Waals surface area (Å²) in [4.78, 5) is 15.3. The fraction of sp³-hybridized carbons (Fsp3) is 0.154. The van der Waals surface area contributed by atoms with E-state index in [9.17, 15) is 0 Å². The molecule has 0 aliphatic carbocycles. The van der Waals surface area contributed by atoms with Crippen LogP contribution in [0.15, 0.2) is 158 Å². The lowest BCUT2D eigenvalue weighted by Crippen LogP contribution is -2.55. The summed E-state index contributed by atoms with van der Waals surface area (Å²) in [7, 11) is 0. The first-order chi connectivity index (χ1) is 28.6. The Morgan fingerprint density at radius 3 is 2.02 bits per heavy atom. The first-order valence-corrected chi connectivity index (χ1v) is 20.5. The molecule has 2 aliphatic rings. The molecule has 0 atom stereocenters. The van der Waals surface area contributed by atoms with Gasteiger partial charge in [0.1, 0.15) is 23.0 Å². The predicted octanol–water partition coefficient (Wildman–Crippen LogP) is 12.4. The van der Waals surface area contributed by atoms with Gasteiger partial charge in [-0.15, -0.1) is 0 Å². The molecule has 0 radical (unpaired) electrons. The lowest BCUT2D eigenvalue weighted by atomic mass is 9.60. The Bertz CT molecular complexity index is 3100. The molecule has 0 saturated heterocycles. The van der Waals surface area contributed by atoms with Gasteiger partial charge in [-0.3, -0.25) is 4.40 Å². The Kier molecular flexibility index (Phi) is 7.68. The molecule has 9 aromatic rings. The molecule has 6 nitrogen and oxygen atoms in total. The van der Waals surface area contributed by atoms with Crippen LogP contribution < -0.4 is 19.8 Å². The molecule has 0 bridgehead atoms. The molecule has 0 N–H and O–H groups in total. The van der Waals surface area contributed by atoms with Crippen molar-refractivity contribution < 1.29 is 4.74 Å². The maximum Gasteiger partial charge on any atom is 0.422 e. The summed E-state index contributed by atoms with van der Waals surface area (Å²) in [6.45, 7) is 13.8. The molecule has 286 valence electrons. The van der Waals surface area contributed by atoms with Gasteiger partial charge in [0, 0.05) is 45.1 Å². The molecular weight excluding hydrogens is 721 g/mol. The van der Waals surface area contributed by atoms with Crippen molar-refractivity contribution in [3.63, 3.8) is 0 Å². The number of pyridine rings is 2. The summed E-state index contributed by atoms with van der Waals surface area (Å²) >= 11 is 0. The smallest absolute Gasteiger partial charge is 0.422 e. The van der Waals surface area contributed by atoms with Gasteiger partial charge in [0.05, 0.1) is 28.3 Å². The second kappa shape index (κ2) is 12.8. The van der Waals surface area contributed by atoms with Gasteiger partial charge in [0.15, 0.2) is 0 Å². The fourth-order valence-corrected chi connectivity index (χ4v) is 9.92. The third-order valence-electron chi connectivity index (χ3n) is 13.5. The van der Waals surface area contributed by atoms with Crippen LogP contribution in [0.1, 0.15) is 50.1 Å². The van der Waals surface area contributed by atoms with Crippen molar-refractivity contribution in [1.29, 1.82) is 0 Å². The van der Waals surface area contributed by atoms with Crippen LogP contribution in [-0.4, -0.2) is 21.4 Å². The van der Waals surface area contributed by atoms with Crippen molar-refractivity contribution in [1.82, 2.24) is 14.4 Å². The quantitative estimate of drug-likeness (QED) is 0.125. The number of imidazole rings is 1. The molecule has 0 saturated carbocycles. The number of hydrogen-bond donors (Lipinski definition) is 0. The first kappa shape index (κ1) is 35.3. The topological polar surface area (TPSA) is 45.9 Å². The molecule has 11 rings (SSSR count). The zero-order valence-corrected chi connectivity index (χ0v) is 34.2. The summed E-state index contributed by atoms with van der Waals surface area (Å²) in [6, 6.07) is 53.7. The van der Waals surface area contributed by atoms with Crippen molar-refractivity contribution in [3.05, 3.63) is 180 Å². The lowest BCUT2D eigenvalue weighted by Gasteiger charge is -2.46. The number of hydrogen-bond acceptors (Lipinski definition) is 5. The highest BCUT2D eigenvalue weighted by molar-refractivity contribution is 6.85. The summed E-state index contributed by atoms with van der Waals surface area (Å²) in [6.07, 6.45) is 1.87. The molecule has 59 heavy (non-hydrogen) atoms. The highest BCUT2D eigenvalue weighted by Gasteiger charge is 2.49. The summed E-state index contributed by atoms with van der Waals surface area (Å²) < 4.78 is 9.37. The molecule has 0 fully saturated rings. The third-order valence-corrected chi connectivity index (χ3v) is 13.5. The predicted molar refractivity (Wildman–Crippen MR) is 244 cm³/mol. The van der Waals surface area contributed by atoms with E-state index in [4.69, 9.17) is 14.7 Å². The average Bonchev–Trinajstić information content (AvgIpc) is 3.82. The summed E-state index contributed by atoms with van der Waals surface area (Å²) in [5, 5.41) is 3.45. The molecule has 0 spiro atoms. The van der Waals surface area contributed by atoms with E-state index >= 15 is 0 Å². The van der Waals surface area contributed by atoms with E-state index < -0.39 is 0 Å². The number of benzene rings is 6. The Labute approximate surface area is 345 Å². The highest BCUT2D eigenvalue weighted by Crippen LogP contribution is 2.54. The summed E-state index contributed by atoms with van der Waals surface area (Å²) in [5.41, 5.74) is 13.5. The fourth-order valence-electron chi connectivity index (χ4n) is 9.92. The number of ether oxygens (including phenoxy) is 1. The van der Waals surface area contributed by atoms with Crippen LogP contribution in [0, 0.1) is 13.8 Å². The highest BCUT2D eigenvalue weighted by atomic mass is 16.5. The minimum absolute atomic E-state index is 0.139.